The fourth-order valence-corrected chi connectivity index (χ4v) is 8.27. The van der Waals surface area contributed by atoms with Gasteiger partial charge in [-0.05, 0) is 97.3 Å². The van der Waals surface area contributed by atoms with E-state index in [0.29, 0.717) is 39.6 Å². The van der Waals surface area contributed by atoms with Crippen LogP contribution in [0, 0.1) is 23.7 Å². The molecule has 0 bridgehead atoms. The Morgan fingerprint density at radius 1 is 0.537 bits per heavy atom. The summed E-state index contributed by atoms with van der Waals surface area (Å²) >= 11 is 0. The van der Waals surface area contributed by atoms with Gasteiger partial charge in [0.1, 0.15) is 0 Å². The third-order valence-corrected chi connectivity index (χ3v) is 11.7. The van der Waals surface area contributed by atoms with Crippen LogP contribution in [0.4, 0.5) is 0 Å². The van der Waals surface area contributed by atoms with Gasteiger partial charge in [-0.3, -0.25) is 0 Å². The van der Waals surface area contributed by atoms with E-state index in [1.165, 1.54) is 87.5 Å². The van der Waals surface area contributed by atoms with E-state index in [-0.39, 0.29) is 11.9 Å². The summed E-state index contributed by atoms with van der Waals surface area (Å²) in [6, 6.07) is 17.5. The summed E-state index contributed by atoms with van der Waals surface area (Å²) < 4.78 is 34.4. The first kappa shape index (κ1) is 41.9. The Balaban J connectivity index is 0.930. The zero-order valence-corrected chi connectivity index (χ0v) is 32.5. The average Bonchev–Trinajstić information content (AvgIpc) is 3.22. The predicted molar refractivity (Wildman–Crippen MR) is 210 cm³/mol. The number of benzene rings is 2. The van der Waals surface area contributed by atoms with Gasteiger partial charge < -0.3 is 28.4 Å². The summed E-state index contributed by atoms with van der Waals surface area (Å²) in [7, 11) is 0. The van der Waals surface area contributed by atoms with Crippen molar-refractivity contribution in [3.8, 4) is 0 Å². The number of rotatable bonds is 22. The van der Waals surface area contributed by atoms with Gasteiger partial charge in [-0.1, -0.05) is 113 Å². The molecule has 0 radical (unpaired) electrons. The summed E-state index contributed by atoms with van der Waals surface area (Å²) in [5.74, 6) is 2.46. The van der Waals surface area contributed by atoms with E-state index >= 15 is 0 Å². The monoisotopic (exact) mass is 744 g/mol. The third kappa shape index (κ3) is 15.1. The highest BCUT2D eigenvalue weighted by molar-refractivity contribution is 5.81. The fourth-order valence-electron chi connectivity index (χ4n) is 8.27. The largest absolute Gasteiger partial charge is 0.463 e. The minimum absolute atomic E-state index is 0.323. The van der Waals surface area contributed by atoms with Gasteiger partial charge in [0.05, 0.1) is 39.6 Å². The van der Waals surface area contributed by atoms with E-state index in [0.717, 1.165) is 73.3 Å². The molecule has 0 unspecified atom stereocenters. The summed E-state index contributed by atoms with van der Waals surface area (Å²) in [6.07, 6.45) is 20.5. The summed E-state index contributed by atoms with van der Waals surface area (Å²) in [4.78, 5) is 22.4. The van der Waals surface area contributed by atoms with Crippen LogP contribution >= 0.6 is 0 Å². The summed E-state index contributed by atoms with van der Waals surface area (Å²) in [6.45, 7) is 9.75. The molecule has 1 heterocycles. The molecule has 2 saturated carbocycles. The van der Waals surface area contributed by atoms with E-state index in [4.69, 9.17) is 28.4 Å². The highest BCUT2D eigenvalue weighted by atomic mass is 16.8. The standard InChI is InChI=1S/C46H64O8/c1-3-43(47)49-29-5-7-35-9-13-37(14-10-35)17-19-39-21-25-41(26-22-39)33-53-45-46(52-32-31-51-45)54-34-42-27-23-40(24-28-42)20-18-38-15-11-36(12-16-38)8-6-30-50-44(48)4-2/h3-4,21-28,35-38,45-46H,1-2,5-20,29-34H2/t35?,36?,37?,38?,45-,46-/m1/s1. The third-order valence-electron chi connectivity index (χ3n) is 11.7. The first-order valence-electron chi connectivity index (χ1n) is 20.7. The molecule has 3 aliphatic rings. The maximum absolute atomic E-state index is 11.2. The van der Waals surface area contributed by atoms with Crippen molar-refractivity contribution in [1.82, 2.24) is 0 Å². The Bertz CT molecular complexity index is 1280. The van der Waals surface area contributed by atoms with E-state index in [1.807, 2.05) is 0 Å². The molecule has 0 N–H and O–H groups in total. The zero-order chi connectivity index (χ0) is 37.8. The second-order valence-electron chi connectivity index (χ2n) is 15.6. The van der Waals surface area contributed by atoms with Crippen molar-refractivity contribution in [3.05, 3.63) is 96.1 Å². The lowest BCUT2D eigenvalue weighted by Crippen LogP contribution is -2.41. The lowest BCUT2D eigenvalue weighted by Gasteiger charge is -2.31. The molecule has 2 atom stereocenters. The summed E-state index contributed by atoms with van der Waals surface area (Å²) in [5, 5.41) is 0. The molecule has 2 aromatic rings. The zero-order valence-electron chi connectivity index (χ0n) is 32.5. The normalized spacial score (nSPS) is 24.4. The van der Waals surface area contributed by atoms with Crippen molar-refractivity contribution in [2.75, 3.05) is 26.4 Å². The van der Waals surface area contributed by atoms with Crippen molar-refractivity contribution in [2.24, 2.45) is 23.7 Å². The van der Waals surface area contributed by atoms with Crippen molar-refractivity contribution < 1.29 is 38.0 Å². The van der Waals surface area contributed by atoms with Crippen LogP contribution in [-0.2, 0) is 64.1 Å². The van der Waals surface area contributed by atoms with Crippen LogP contribution in [0.2, 0.25) is 0 Å². The van der Waals surface area contributed by atoms with Crippen molar-refractivity contribution in [2.45, 2.75) is 129 Å². The Labute approximate surface area is 324 Å². The number of esters is 2. The van der Waals surface area contributed by atoms with Crippen molar-refractivity contribution in [1.29, 1.82) is 0 Å². The molecule has 0 aromatic heterocycles. The molecular formula is C46H64O8. The first-order chi connectivity index (χ1) is 26.5. The molecular weight excluding hydrogens is 680 g/mol. The lowest BCUT2D eigenvalue weighted by molar-refractivity contribution is -0.326. The Hall–Kier alpha value is -3.30. The van der Waals surface area contributed by atoms with Gasteiger partial charge >= 0.3 is 11.9 Å². The van der Waals surface area contributed by atoms with Gasteiger partial charge in [-0.15, -0.1) is 0 Å². The first-order valence-corrected chi connectivity index (χ1v) is 20.7. The maximum Gasteiger partial charge on any atom is 0.330 e. The second kappa shape index (κ2) is 23.6. The van der Waals surface area contributed by atoms with Gasteiger partial charge in [-0.2, -0.15) is 0 Å². The topological polar surface area (TPSA) is 89.5 Å². The van der Waals surface area contributed by atoms with Gasteiger partial charge in [0.25, 0.3) is 0 Å². The van der Waals surface area contributed by atoms with Crippen LogP contribution in [-0.4, -0.2) is 50.9 Å². The number of carbonyl (C=O) groups excluding carboxylic acids is 2. The summed E-state index contributed by atoms with van der Waals surface area (Å²) in [5.41, 5.74) is 4.96. The molecule has 1 aliphatic heterocycles. The lowest BCUT2D eigenvalue weighted by atomic mass is 9.78. The fraction of sp³-hybridized carbons (Fsp3) is 0.609. The van der Waals surface area contributed by atoms with E-state index in [1.54, 1.807) is 0 Å². The van der Waals surface area contributed by atoms with Gasteiger partial charge in [0.15, 0.2) is 0 Å². The molecule has 8 heteroatoms. The molecule has 0 amide bonds. The average molecular weight is 745 g/mol. The maximum atomic E-state index is 11.2. The van der Waals surface area contributed by atoms with Crippen LogP contribution in [0.5, 0.6) is 0 Å². The van der Waals surface area contributed by atoms with Gasteiger partial charge in [0, 0.05) is 12.2 Å². The molecule has 5 rings (SSSR count). The Morgan fingerprint density at radius 2 is 0.870 bits per heavy atom. The number of ether oxygens (including phenoxy) is 6. The van der Waals surface area contributed by atoms with E-state index in [2.05, 4.69) is 61.7 Å². The van der Waals surface area contributed by atoms with E-state index in [9.17, 15) is 9.59 Å². The molecule has 54 heavy (non-hydrogen) atoms. The minimum Gasteiger partial charge on any atom is -0.463 e. The van der Waals surface area contributed by atoms with Crippen LogP contribution in [0.3, 0.4) is 0 Å². The highest BCUT2D eigenvalue weighted by Gasteiger charge is 2.29. The number of hydrogen-bond donors (Lipinski definition) is 0. The quantitative estimate of drug-likeness (QED) is 0.0669. The molecule has 0 spiro atoms. The molecule has 296 valence electrons. The van der Waals surface area contributed by atoms with Gasteiger partial charge in [0.2, 0.25) is 12.6 Å². The predicted octanol–water partition coefficient (Wildman–Crippen LogP) is 9.62. The number of hydrogen-bond acceptors (Lipinski definition) is 8. The molecule has 1 saturated heterocycles. The van der Waals surface area contributed by atoms with E-state index < -0.39 is 12.6 Å². The SMILES string of the molecule is C=CC(=O)OCCCC1CCC(CCc2ccc(CO[C@H]3OCCO[C@@H]3OCc3ccc(CCC4CCC(CCCOC(=O)C=C)CC4)cc3)cc2)CC1. The Kier molecular flexibility index (Phi) is 18.3. The number of carbonyl (C=O) groups is 2. The minimum atomic E-state index is -0.570. The number of aryl methyl sites for hydroxylation is 2. The smallest absolute Gasteiger partial charge is 0.330 e. The van der Waals surface area contributed by atoms with Crippen LogP contribution in [0.25, 0.3) is 0 Å². The highest BCUT2D eigenvalue weighted by Crippen LogP contribution is 2.35. The van der Waals surface area contributed by atoms with Crippen LogP contribution in [0.1, 0.15) is 112 Å². The molecule has 3 fully saturated rings. The molecule has 2 aliphatic carbocycles. The van der Waals surface area contributed by atoms with Crippen molar-refractivity contribution in [3.63, 3.8) is 0 Å². The van der Waals surface area contributed by atoms with Crippen molar-refractivity contribution >= 4 is 11.9 Å². The Morgan fingerprint density at radius 3 is 1.22 bits per heavy atom. The van der Waals surface area contributed by atoms with Crippen LogP contribution < -0.4 is 0 Å². The van der Waals surface area contributed by atoms with Gasteiger partial charge in [-0.25, -0.2) is 9.59 Å². The van der Waals surface area contributed by atoms with Crippen LogP contribution in [0.15, 0.2) is 73.8 Å². The molecule has 8 nitrogen and oxygen atoms in total. The molecule has 2 aromatic carbocycles. The second-order valence-corrected chi connectivity index (χ2v) is 15.6.